The van der Waals surface area contributed by atoms with Crippen molar-refractivity contribution in [2.24, 2.45) is 5.84 Å². The molecule has 0 saturated carbocycles. The van der Waals surface area contributed by atoms with Crippen LogP contribution in [0.1, 0.15) is 34.5 Å². The van der Waals surface area contributed by atoms with Crippen molar-refractivity contribution in [2.75, 3.05) is 0 Å². The van der Waals surface area contributed by atoms with Crippen molar-refractivity contribution in [3.05, 3.63) is 64.8 Å². The number of aromatic nitrogens is 1. The average Bonchev–Trinajstić information content (AvgIpc) is 3.13. The Morgan fingerprint density at radius 3 is 3.00 bits per heavy atom. The van der Waals surface area contributed by atoms with Gasteiger partial charge in [-0.05, 0) is 42.0 Å². The van der Waals surface area contributed by atoms with E-state index in [-0.39, 0.29) is 6.04 Å². The van der Waals surface area contributed by atoms with Gasteiger partial charge in [0.25, 0.3) is 0 Å². The SMILES string of the molecule is NNC(c1cc2ccccc2s1)C1CCc2cccnc21. The van der Waals surface area contributed by atoms with Gasteiger partial charge in [0.05, 0.1) is 6.04 Å². The topological polar surface area (TPSA) is 50.9 Å². The van der Waals surface area contributed by atoms with Crippen molar-refractivity contribution in [3.8, 4) is 0 Å². The number of nitrogens with one attached hydrogen (secondary N) is 1. The molecule has 0 saturated heterocycles. The van der Waals surface area contributed by atoms with Gasteiger partial charge in [0.15, 0.2) is 0 Å². The third-order valence-electron chi connectivity index (χ3n) is 4.34. The lowest BCUT2D eigenvalue weighted by atomic mass is 9.96. The molecule has 0 spiro atoms. The Balaban J connectivity index is 1.75. The van der Waals surface area contributed by atoms with E-state index in [2.05, 4.69) is 46.8 Å². The summed E-state index contributed by atoms with van der Waals surface area (Å²) in [6.07, 6.45) is 4.09. The second kappa shape index (κ2) is 5.22. The maximum atomic E-state index is 5.89. The predicted octanol–water partition coefficient (Wildman–Crippen LogP) is 3.53. The van der Waals surface area contributed by atoms with Crippen LogP contribution in [0.15, 0.2) is 48.7 Å². The number of hydrogen-bond acceptors (Lipinski definition) is 4. The highest BCUT2D eigenvalue weighted by Crippen LogP contribution is 2.43. The molecule has 1 aromatic carbocycles. The molecule has 3 aromatic rings. The van der Waals surface area contributed by atoms with Gasteiger partial charge in [-0.1, -0.05) is 24.3 Å². The second-order valence-electron chi connectivity index (χ2n) is 5.52. The molecule has 3 N–H and O–H groups in total. The Morgan fingerprint density at radius 1 is 1.24 bits per heavy atom. The molecule has 0 amide bonds. The number of aryl methyl sites for hydroxylation is 1. The molecule has 4 heteroatoms. The quantitative estimate of drug-likeness (QED) is 0.574. The molecule has 2 atom stereocenters. The number of pyridine rings is 1. The van der Waals surface area contributed by atoms with E-state index in [0.29, 0.717) is 5.92 Å². The lowest BCUT2D eigenvalue weighted by Crippen LogP contribution is -2.31. The number of rotatable bonds is 3. The Hall–Kier alpha value is -1.75. The van der Waals surface area contributed by atoms with Crippen molar-refractivity contribution in [1.82, 2.24) is 10.4 Å². The first kappa shape index (κ1) is 13.0. The van der Waals surface area contributed by atoms with Gasteiger partial charge in [0.1, 0.15) is 0 Å². The summed E-state index contributed by atoms with van der Waals surface area (Å²) in [6.45, 7) is 0. The smallest absolute Gasteiger partial charge is 0.0637 e. The average molecular weight is 295 g/mol. The molecule has 1 aliphatic carbocycles. The first-order valence-corrected chi connectivity index (χ1v) is 8.07. The van der Waals surface area contributed by atoms with Crippen molar-refractivity contribution in [3.63, 3.8) is 0 Å². The van der Waals surface area contributed by atoms with Gasteiger partial charge in [-0.15, -0.1) is 11.3 Å². The minimum absolute atomic E-state index is 0.138. The fraction of sp³-hybridized carbons (Fsp3) is 0.235. The van der Waals surface area contributed by atoms with Gasteiger partial charge < -0.3 is 0 Å². The molecule has 4 rings (SSSR count). The third-order valence-corrected chi connectivity index (χ3v) is 5.53. The molecule has 2 unspecified atom stereocenters. The van der Waals surface area contributed by atoms with Crippen LogP contribution in [-0.4, -0.2) is 4.98 Å². The maximum Gasteiger partial charge on any atom is 0.0637 e. The van der Waals surface area contributed by atoms with Gasteiger partial charge in [0.2, 0.25) is 0 Å². The Bertz CT molecular complexity index is 747. The lowest BCUT2D eigenvalue weighted by molar-refractivity contribution is 0.453. The van der Waals surface area contributed by atoms with Crippen LogP contribution in [0.5, 0.6) is 0 Å². The summed E-state index contributed by atoms with van der Waals surface area (Å²) < 4.78 is 1.31. The molecule has 3 nitrogen and oxygen atoms in total. The number of nitrogens with zero attached hydrogens (tertiary/aromatic N) is 1. The zero-order valence-corrected chi connectivity index (χ0v) is 12.4. The van der Waals surface area contributed by atoms with Crippen LogP contribution in [0.3, 0.4) is 0 Å². The molecule has 2 aromatic heterocycles. The Labute approximate surface area is 127 Å². The summed E-state index contributed by atoms with van der Waals surface area (Å²) in [6, 6.07) is 15.1. The van der Waals surface area contributed by atoms with Crippen LogP contribution in [0.4, 0.5) is 0 Å². The van der Waals surface area contributed by atoms with Crippen LogP contribution in [0.2, 0.25) is 0 Å². The molecular weight excluding hydrogens is 278 g/mol. The van der Waals surface area contributed by atoms with Crippen molar-refractivity contribution in [2.45, 2.75) is 24.8 Å². The first-order chi connectivity index (χ1) is 10.4. The normalized spacial score (nSPS) is 18.8. The summed E-state index contributed by atoms with van der Waals surface area (Å²) >= 11 is 1.82. The fourth-order valence-electron chi connectivity index (χ4n) is 3.32. The third kappa shape index (κ3) is 2.16. The lowest BCUT2D eigenvalue weighted by Gasteiger charge is -2.21. The summed E-state index contributed by atoms with van der Waals surface area (Å²) in [4.78, 5) is 5.89. The Kier molecular flexibility index (Phi) is 3.22. The molecule has 1 aliphatic rings. The second-order valence-corrected chi connectivity index (χ2v) is 6.64. The highest BCUT2D eigenvalue weighted by Gasteiger charge is 2.32. The van der Waals surface area contributed by atoms with Crippen molar-refractivity contribution >= 4 is 21.4 Å². The number of hydrogen-bond donors (Lipinski definition) is 2. The van der Waals surface area contributed by atoms with E-state index in [1.165, 1.54) is 26.2 Å². The predicted molar refractivity (Wildman–Crippen MR) is 87.2 cm³/mol. The Morgan fingerprint density at radius 2 is 2.14 bits per heavy atom. The van der Waals surface area contributed by atoms with E-state index < -0.39 is 0 Å². The number of thiophene rings is 1. The van der Waals surface area contributed by atoms with E-state index in [4.69, 9.17) is 5.84 Å². The van der Waals surface area contributed by atoms with Gasteiger partial charge in [-0.2, -0.15) is 0 Å². The number of fused-ring (bicyclic) bond motifs is 2. The molecule has 0 aliphatic heterocycles. The van der Waals surface area contributed by atoms with Gasteiger partial charge in [0, 0.05) is 27.4 Å². The standard InChI is InChI=1S/C17H17N3S/c18-20-17(13-8-7-11-5-3-9-19-16(11)13)15-10-12-4-1-2-6-14(12)21-15/h1-6,9-10,13,17,20H,7-8,18H2. The summed E-state index contributed by atoms with van der Waals surface area (Å²) in [7, 11) is 0. The van der Waals surface area contributed by atoms with Crippen LogP contribution >= 0.6 is 11.3 Å². The molecule has 0 fully saturated rings. The monoisotopic (exact) mass is 295 g/mol. The van der Waals surface area contributed by atoms with Gasteiger partial charge in [-0.25, -0.2) is 0 Å². The van der Waals surface area contributed by atoms with Crippen molar-refractivity contribution < 1.29 is 0 Å². The zero-order chi connectivity index (χ0) is 14.2. The molecule has 0 bridgehead atoms. The van der Waals surface area contributed by atoms with E-state index in [0.717, 1.165) is 12.8 Å². The summed E-state index contributed by atoms with van der Waals surface area (Å²) in [5.41, 5.74) is 5.60. The van der Waals surface area contributed by atoms with E-state index in [9.17, 15) is 0 Å². The van der Waals surface area contributed by atoms with E-state index >= 15 is 0 Å². The summed E-state index contributed by atoms with van der Waals surface area (Å²) in [5.74, 6) is 6.25. The highest BCUT2D eigenvalue weighted by atomic mass is 32.1. The number of hydrazine groups is 1. The minimum Gasteiger partial charge on any atom is -0.271 e. The molecule has 2 heterocycles. The maximum absolute atomic E-state index is 5.89. The van der Waals surface area contributed by atoms with Crippen molar-refractivity contribution in [1.29, 1.82) is 0 Å². The molecular formula is C17H17N3S. The number of nitrogens with two attached hydrogens (primary N) is 1. The summed E-state index contributed by atoms with van der Waals surface area (Å²) in [5, 5.41) is 1.29. The first-order valence-electron chi connectivity index (χ1n) is 7.25. The largest absolute Gasteiger partial charge is 0.271 e. The molecule has 21 heavy (non-hydrogen) atoms. The number of benzene rings is 1. The highest BCUT2D eigenvalue weighted by molar-refractivity contribution is 7.19. The fourth-order valence-corrected chi connectivity index (χ4v) is 4.51. The molecule has 106 valence electrons. The van der Waals surface area contributed by atoms with Crippen LogP contribution in [0, 0.1) is 0 Å². The van der Waals surface area contributed by atoms with Crippen LogP contribution in [-0.2, 0) is 6.42 Å². The van der Waals surface area contributed by atoms with E-state index in [1.807, 2.05) is 23.6 Å². The van der Waals surface area contributed by atoms with Crippen LogP contribution in [0.25, 0.3) is 10.1 Å². The zero-order valence-electron chi connectivity index (χ0n) is 11.6. The van der Waals surface area contributed by atoms with Gasteiger partial charge >= 0.3 is 0 Å². The molecule has 0 radical (unpaired) electrons. The van der Waals surface area contributed by atoms with Gasteiger partial charge in [-0.3, -0.25) is 16.3 Å². The van der Waals surface area contributed by atoms with E-state index in [1.54, 1.807) is 0 Å². The minimum atomic E-state index is 0.138. The van der Waals surface area contributed by atoms with Crippen LogP contribution < -0.4 is 11.3 Å².